The number of nitrogens with one attached hydrogen (secondary N) is 1. The molecule has 2 atom stereocenters. The minimum absolute atomic E-state index is 0.219. The van der Waals surface area contributed by atoms with Crippen LogP contribution in [-0.2, 0) is 0 Å². The minimum atomic E-state index is -0.387. The lowest BCUT2D eigenvalue weighted by Crippen LogP contribution is -2.28. The predicted molar refractivity (Wildman–Crippen MR) is 69.9 cm³/mol. The highest BCUT2D eigenvalue weighted by molar-refractivity contribution is 5.83. The first kappa shape index (κ1) is 10.8. The third-order valence-corrected chi connectivity index (χ3v) is 3.59. The Hall–Kier alpha value is -1.38. The first-order valence-corrected chi connectivity index (χ1v) is 6.25. The van der Waals surface area contributed by atoms with Crippen LogP contribution in [0.25, 0.3) is 10.8 Å². The Morgan fingerprint density at radius 2 is 1.94 bits per heavy atom. The number of hydrogen-bond acceptors (Lipinski definition) is 2. The zero-order valence-electron chi connectivity index (χ0n) is 9.76. The highest BCUT2D eigenvalue weighted by atomic mass is 16.3. The van der Waals surface area contributed by atoms with Crippen LogP contribution in [0, 0.1) is 0 Å². The van der Waals surface area contributed by atoms with Crippen molar-refractivity contribution in [2.24, 2.45) is 0 Å². The van der Waals surface area contributed by atoms with Gasteiger partial charge in [-0.25, -0.2) is 0 Å². The Morgan fingerprint density at radius 3 is 2.71 bits per heavy atom. The van der Waals surface area contributed by atoms with Crippen molar-refractivity contribution in [1.29, 1.82) is 0 Å². The van der Waals surface area contributed by atoms with Crippen molar-refractivity contribution in [3.8, 4) is 0 Å². The van der Waals surface area contributed by atoms with E-state index in [1.54, 1.807) is 0 Å². The van der Waals surface area contributed by atoms with Crippen LogP contribution in [-0.4, -0.2) is 17.7 Å². The summed E-state index contributed by atoms with van der Waals surface area (Å²) in [6.07, 6.45) is 1.84. The number of aliphatic hydroxyl groups excluding tert-OH is 1. The van der Waals surface area contributed by atoms with E-state index in [-0.39, 0.29) is 12.1 Å². The summed E-state index contributed by atoms with van der Waals surface area (Å²) in [5.41, 5.74) is 1.02. The van der Waals surface area contributed by atoms with Gasteiger partial charge in [-0.2, -0.15) is 0 Å². The molecule has 0 spiro atoms. The number of benzene rings is 2. The minimum Gasteiger partial charge on any atom is -0.387 e. The molecule has 0 amide bonds. The second-order valence-electron chi connectivity index (χ2n) is 4.75. The summed E-state index contributed by atoms with van der Waals surface area (Å²) in [6.45, 7) is 1.02. The molecule has 2 aromatic rings. The highest BCUT2D eigenvalue weighted by Gasteiger charge is 2.23. The Morgan fingerprint density at radius 1 is 1.12 bits per heavy atom. The van der Waals surface area contributed by atoms with Gasteiger partial charge < -0.3 is 10.4 Å². The van der Waals surface area contributed by atoms with E-state index in [2.05, 4.69) is 29.6 Å². The average molecular weight is 227 g/mol. The van der Waals surface area contributed by atoms with Crippen LogP contribution in [0.15, 0.2) is 42.5 Å². The SMILES string of the molecule is OC(c1ccc2ccccc2c1)C1CCCN1. The Labute approximate surface area is 101 Å². The zero-order chi connectivity index (χ0) is 11.7. The largest absolute Gasteiger partial charge is 0.387 e. The summed E-state index contributed by atoms with van der Waals surface area (Å²) in [5, 5.41) is 16.1. The Bertz CT molecular complexity index is 517. The summed E-state index contributed by atoms with van der Waals surface area (Å²) in [6, 6.07) is 14.7. The molecular weight excluding hydrogens is 210 g/mol. The number of rotatable bonds is 2. The third-order valence-electron chi connectivity index (χ3n) is 3.59. The molecule has 88 valence electrons. The fourth-order valence-corrected chi connectivity index (χ4v) is 2.61. The van der Waals surface area contributed by atoms with Gasteiger partial charge in [0.15, 0.2) is 0 Å². The smallest absolute Gasteiger partial charge is 0.0943 e. The molecule has 0 bridgehead atoms. The molecule has 1 fully saturated rings. The molecule has 1 aliphatic rings. The maximum Gasteiger partial charge on any atom is 0.0943 e. The molecule has 0 radical (unpaired) electrons. The Balaban J connectivity index is 1.94. The maximum atomic E-state index is 10.3. The van der Waals surface area contributed by atoms with Gasteiger partial charge in [-0.3, -0.25) is 0 Å². The second kappa shape index (κ2) is 4.47. The zero-order valence-corrected chi connectivity index (χ0v) is 9.76. The third kappa shape index (κ3) is 2.06. The van der Waals surface area contributed by atoms with Gasteiger partial charge in [0.2, 0.25) is 0 Å². The molecular formula is C15H17NO. The topological polar surface area (TPSA) is 32.3 Å². The number of hydrogen-bond donors (Lipinski definition) is 2. The van der Waals surface area contributed by atoms with Crippen molar-refractivity contribution in [2.75, 3.05) is 6.54 Å². The van der Waals surface area contributed by atoms with Gasteiger partial charge in [0, 0.05) is 6.04 Å². The van der Waals surface area contributed by atoms with Crippen LogP contribution < -0.4 is 5.32 Å². The fourth-order valence-electron chi connectivity index (χ4n) is 2.61. The maximum absolute atomic E-state index is 10.3. The van der Waals surface area contributed by atoms with Crippen LogP contribution in [0.1, 0.15) is 24.5 Å². The van der Waals surface area contributed by atoms with Gasteiger partial charge in [0.05, 0.1) is 6.10 Å². The van der Waals surface area contributed by atoms with Crippen molar-refractivity contribution in [3.05, 3.63) is 48.0 Å². The molecule has 1 aliphatic heterocycles. The molecule has 2 heteroatoms. The molecule has 1 saturated heterocycles. The molecule has 0 aromatic heterocycles. The lowest BCUT2D eigenvalue weighted by atomic mass is 9.98. The molecule has 0 aliphatic carbocycles. The molecule has 2 unspecified atom stereocenters. The van der Waals surface area contributed by atoms with Crippen molar-refractivity contribution < 1.29 is 5.11 Å². The number of fused-ring (bicyclic) bond motifs is 1. The molecule has 17 heavy (non-hydrogen) atoms. The van der Waals surface area contributed by atoms with Crippen molar-refractivity contribution >= 4 is 10.8 Å². The summed E-state index contributed by atoms with van der Waals surface area (Å²) < 4.78 is 0. The quantitative estimate of drug-likeness (QED) is 0.826. The molecule has 2 aromatic carbocycles. The highest BCUT2D eigenvalue weighted by Crippen LogP contribution is 2.25. The lowest BCUT2D eigenvalue weighted by molar-refractivity contribution is 0.137. The molecule has 1 heterocycles. The second-order valence-corrected chi connectivity index (χ2v) is 4.75. The molecule has 0 saturated carbocycles. The monoisotopic (exact) mass is 227 g/mol. The van der Waals surface area contributed by atoms with Gasteiger partial charge in [0.25, 0.3) is 0 Å². The van der Waals surface area contributed by atoms with E-state index in [9.17, 15) is 5.11 Å². The van der Waals surface area contributed by atoms with Gasteiger partial charge in [0.1, 0.15) is 0 Å². The first-order chi connectivity index (χ1) is 8.34. The summed E-state index contributed by atoms with van der Waals surface area (Å²) in [7, 11) is 0. The van der Waals surface area contributed by atoms with Crippen molar-refractivity contribution in [1.82, 2.24) is 5.32 Å². The van der Waals surface area contributed by atoms with Crippen LogP contribution in [0.4, 0.5) is 0 Å². The summed E-state index contributed by atoms with van der Waals surface area (Å²) in [5.74, 6) is 0. The first-order valence-electron chi connectivity index (χ1n) is 6.25. The van der Waals surface area contributed by atoms with Gasteiger partial charge in [-0.05, 0) is 41.8 Å². The van der Waals surface area contributed by atoms with E-state index in [0.717, 1.165) is 24.9 Å². The molecule has 3 rings (SSSR count). The van der Waals surface area contributed by atoms with E-state index in [1.807, 2.05) is 18.2 Å². The normalized spacial score (nSPS) is 21.8. The van der Waals surface area contributed by atoms with E-state index < -0.39 is 0 Å². The lowest BCUT2D eigenvalue weighted by Gasteiger charge is -2.19. The molecule has 2 N–H and O–H groups in total. The van der Waals surface area contributed by atoms with E-state index in [1.165, 1.54) is 10.8 Å². The summed E-state index contributed by atoms with van der Waals surface area (Å²) >= 11 is 0. The van der Waals surface area contributed by atoms with E-state index in [4.69, 9.17) is 0 Å². The fraction of sp³-hybridized carbons (Fsp3) is 0.333. The standard InChI is InChI=1S/C15H17NO/c17-15(14-6-3-9-16-14)13-8-7-11-4-1-2-5-12(11)10-13/h1-2,4-5,7-8,10,14-17H,3,6,9H2. The van der Waals surface area contributed by atoms with Crippen LogP contribution >= 0.6 is 0 Å². The van der Waals surface area contributed by atoms with Gasteiger partial charge >= 0.3 is 0 Å². The van der Waals surface area contributed by atoms with Crippen LogP contribution in [0.2, 0.25) is 0 Å². The van der Waals surface area contributed by atoms with E-state index in [0.29, 0.717) is 0 Å². The molecule has 2 nitrogen and oxygen atoms in total. The predicted octanol–water partition coefficient (Wildman–Crippen LogP) is 2.63. The van der Waals surface area contributed by atoms with E-state index >= 15 is 0 Å². The number of aliphatic hydroxyl groups is 1. The van der Waals surface area contributed by atoms with Crippen molar-refractivity contribution in [2.45, 2.75) is 25.0 Å². The Kier molecular flexibility index (Phi) is 2.83. The van der Waals surface area contributed by atoms with Gasteiger partial charge in [-0.15, -0.1) is 0 Å². The summed E-state index contributed by atoms with van der Waals surface area (Å²) in [4.78, 5) is 0. The van der Waals surface area contributed by atoms with Crippen molar-refractivity contribution in [3.63, 3.8) is 0 Å². The van der Waals surface area contributed by atoms with Crippen LogP contribution in [0.3, 0.4) is 0 Å². The van der Waals surface area contributed by atoms with Crippen LogP contribution in [0.5, 0.6) is 0 Å². The van der Waals surface area contributed by atoms with Gasteiger partial charge in [-0.1, -0.05) is 36.4 Å². The average Bonchev–Trinajstić information content (AvgIpc) is 2.91.